The summed E-state index contributed by atoms with van der Waals surface area (Å²) in [4.78, 5) is 2.18. The molecule has 0 aliphatic carbocycles. The lowest BCUT2D eigenvalue weighted by Gasteiger charge is -2.25. The average molecular weight is 247 g/mol. The standard InChI is InChI=1S/C11H21NO3S/c1-2-3-9-4-5-12(6-9)10-7-16(14,15)8-11(10)13/h9-11,13H,2-8H2,1H3. The molecule has 0 aromatic carbocycles. The molecule has 0 aromatic rings. The molecule has 2 rings (SSSR count). The molecule has 3 atom stereocenters. The van der Waals surface area contributed by atoms with E-state index in [-0.39, 0.29) is 17.5 Å². The van der Waals surface area contributed by atoms with Gasteiger partial charge < -0.3 is 5.11 Å². The first-order valence-corrected chi connectivity index (χ1v) is 7.96. The maximum absolute atomic E-state index is 11.4. The van der Waals surface area contributed by atoms with E-state index >= 15 is 0 Å². The Morgan fingerprint density at radius 1 is 1.38 bits per heavy atom. The summed E-state index contributed by atoms with van der Waals surface area (Å²) in [7, 11) is -3.00. The Hall–Kier alpha value is -0.130. The quantitative estimate of drug-likeness (QED) is 0.777. The number of nitrogens with zero attached hydrogens (tertiary/aromatic N) is 1. The van der Waals surface area contributed by atoms with Crippen molar-refractivity contribution in [2.45, 2.75) is 38.3 Å². The summed E-state index contributed by atoms with van der Waals surface area (Å²) in [5.74, 6) is 0.792. The van der Waals surface area contributed by atoms with Crippen LogP contribution in [-0.4, -0.2) is 55.2 Å². The van der Waals surface area contributed by atoms with E-state index in [1.165, 1.54) is 12.8 Å². The molecular weight excluding hydrogens is 226 g/mol. The second kappa shape index (κ2) is 4.63. The minimum absolute atomic E-state index is 0.0490. The molecule has 2 saturated heterocycles. The minimum Gasteiger partial charge on any atom is -0.390 e. The van der Waals surface area contributed by atoms with E-state index in [1.54, 1.807) is 0 Å². The second-order valence-corrected chi connectivity index (χ2v) is 7.30. The first kappa shape index (κ1) is 12.3. The summed E-state index contributed by atoms with van der Waals surface area (Å²) < 4.78 is 22.9. The number of sulfone groups is 1. The van der Waals surface area contributed by atoms with Crippen LogP contribution in [0.3, 0.4) is 0 Å². The monoisotopic (exact) mass is 247 g/mol. The minimum atomic E-state index is -3.00. The van der Waals surface area contributed by atoms with E-state index in [2.05, 4.69) is 11.8 Å². The lowest BCUT2D eigenvalue weighted by molar-refractivity contribution is 0.0961. The number of hydrogen-bond acceptors (Lipinski definition) is 4. The topological polar surface area (TPSA) is 57.6 Å². The highest BCUT2D eigenvalue weighted by atomic mass is 32.2. The normalized spacial score (nSPS) is 39.2. The van der Waals surface area contributed by atoms with E-state index in [4.69, 9.17) is 0 Å². The summed E-state index contributed by atoms with van der Waals surface area (Å²) in [6, 6.07) is -0.146. The molecule has 5 heteroatoms. The SMILES string of the molecule is CCCC1CCN(C2CS(=O)(=O)CC2O)C1. The molecule has 2 heterocycles. The molecule has 3 unspecified atom stereocenters. The largest absolute Gasteiger partial charge is 0.390 e. The zero-order chi connectivity index (χ0) is 11.8. The fourth-order valence-corrected chi connectivity index (χ4v) is 4.80. The van der Waals surface area contributed by atoms with Crippen molar-refractivity contribution < 1.29 is 13.5 Å². The lowest BCUT2D eigenvalue weighted by atomic mass is 10.0. The Morgan fingerprint density at radius 2 is 2.12 bits per heavy atom. The molecule has 94 valence electrons. The number of aliphatic hydroxyl groups excluding tert-OH is 1. The van der Waals surface area contributed by atoms with Gasteiger partial charge in [0.1, 0.15) is 0 Å². The van der Waals surface area contributed by atoms with Crippen molar-refractivity contribution in [1.82, 2.24) is 4.90 Å². The van der Waals surface area contributed by atoms with E-state index in [0.29, 0.717) is 5.92 Å². The summed E-state index contributed by atoms with van der Waals surface area (Å²) in [5, 5.41) is 9.78. The summed E-state index contributed by atoms with van der Waals surface area (Å²) in [6.45, 7) is 4.09. The Kier molecular flexibility index (Phi) is 3.56. The van der Waals surface area contributed by atoms with Gasteiger partial charge >= 0.3 is 0 Å². The van der Waals surface area contributed by atoms with Crippen LogP contribution in [0, 0.1) is 5.92 Å². The van der Waals surface area contributed by atoms with Crippen molar-refractivity contribution in [3.63, 3.8) is 0 Å². The Bertz CT molecular complexity index is 341. The van der Waals surface area contributed by atoms with Crippen molar-refractivity contribution >= 4 is 9.84 Å². The Balaban J connectivity index is 1.95. The Morgan fingerprint density at radius 3 is 2.69 bits per heavy atom. The van der Waals surface area contributed by atoms with Crippen molar-refractivity contribution in [2.75, 3.05) is 24.6 Å². The van der Waals surface area contributed by atoms with E-state index in [1.807, 2.05) is 0 Å². The molecule has 1 N–H and O–H groups in total. The van der Waals surface area contributed by atoms with Crippen LogP contribution in [0.4, 0.5) is 0 Å². The first-order valence-electron chi connectivity index (χ1n) is 6.14. The summed E-state index contributed by atoms with van der Waals surface area (Å²) in [6.07, 6.45) is 2.87. The molecule has 4 nitrogen and oxygen atoms in total. The molecule has 2 aliphatic heterocycles. The van der Waals surface area contributed by atoms with Crippen LogP contribution < -0.4 is 0 Å². The lowest BCUT2D eigenvalue weighted by Crippen LogP contribution is -2.41. The van der Waals surface area contributed by atoms with Gasteiger partial charge in [-0.2, -0.15) is 0 Å². The summed E-state index contributed by atoms with van der Waals surface area (Å²) in [5.41, 5.74) is 0. The van der Waals surface area contributed by atoms with Crippen LogP contribution in [-0.2, 0) is 9.84 Å². The van der Waals surface area contributed by atoms with Crippen molar-refractivity contribution in [1.29, 1.82) is 0 Å². The van der Waals surface area contributed by atoms with Gasteiger partial charge in [-0.3, -0.25) is 4.90 Å². The molecule has 2 fully saturated rings. The maximum atomic E-state index is 11.4. The fraction of sp³-hybridized carbons (Fsp3) is 1.00. The highest BCUT2D eigenvalue weighted by Gasteiger charge is 2.41. The molecule has 0 spiro atoms. The predicted octanol–water partition coefficient (Wildman–Crippen LogP) is 0.266. The molecular formula is C11H21NO3S. The van der Waals surface area contributed by atoms with Crippen LogP contribution in [0.25, 0.3) is 0 Å². The third-order valence-electron chi connectivity index (χ3n) is 3.78. The summed E-state index contributed by atoms with van der Waals surface area (Å²) >= 11 is 0. The van der Waals surface area contributed by atoms with E-state index in [9.17, 15) is 13.5 Å². The van der Waals surface area contributed by atoms with E-state index < -0.39 is 15.9 Å². The van der Waals surface area contributed by atoms with Gasteiger partial charge in [0.25, 0.3) is 0 Å². The smallest absolute Gasteiger partial charge is 0.154 e. The number of rotatable bonds is 3. The van der Waals surface area contributed by atoms with Gasteiger partial charge in [-0.25, -0.2) is 8.42 Å². The maximum Gasteiger partial charge on any atom is 0.154 e. The second-order valence-electron chi connectivity index (χ2n) is 5.15. The van der Waals surface area contributed by atoms with Gasteiger partial charge in [-0.15, -0.1) is 0 Å². The van der Waals surface area contributed by atoms with Crippen LogP contribution >= 0.6 is 0 Å². The first-order chi connectivity index (χ1) is 7.52. The molecule has 16 heavy (non-hydrogen) atoms. The molecule has 0 bridgehead atoms. The number of likely N-dealkylation sites (tertiary alicyclic amines) is 1. The van der Waals surface area contributed by atoms with Gasteiger partial charge in [0.2, 0.25) is 0 Å². The highest BCUT2D eigenvalue weighted by Crippen LogP contribution is 2.27. The third kappa shape index (κ3) is 2.57. The van der Waals surface area contributed by atoms with Crippen molar-refractivity contribution in [3.8, 4) is 0 Å². The average Bonchev–Trinajstić information content (AvgIpc) is 2.71. The van der Waals surface area contributed by atoms with Gasteiger partial charge in [0.05, 0.1) is 23.7 Å². The van der Waals surface area contributed by atoms with Crippen molar-refractivity contribution in [3.05, 3.63) is 0 Å². The van der Waals surface area contributed by atoms with Gasteiger partial charge in [0.15, 0.2) is 9.84 Å². The van der Waals surface area contributed by atoms with Gasteiger partial charge in [-0.05, 0) is 25.3 Å². The predicted molar refractivity (Wildman–Crippen MR) is 63.0 cm³/mol. The van der Waals surface area contributed by atoms with Crippen LogP contribution in [0.2, 0.25) is 0 Å². The molecule has 2 aliphatic rings. The Labute approximate surface area is 97.6 Å². The third-order valence-corrected chi connectivity index (χ3v) is 5.48. The number of hydrogen-bond donors (Lipinski definition) is 1. The molecule has 0 radical (unpaired) electrons. The van der Waals surface area contributed by atoms with Crippen molar-refractivity contribution in [2.24, 2.45) is 5.92 Å². The van der Waals surface area contributed by atoms with E-state index in [0.717, 1.165) is 19.5 Å². The fourth-order valence-electron chi connectivity index (χ4n) is 2.97. The zero-order valence-electron chi connectivity index (χ0n) is 9.80. The highest BCUT2D eigenvalue weighted by molar-refractivity contribution is 7.91. The van der Waals surface area contributed by atoms with Gasteiger partial charge in [-0.1, -0.05) is 13.3 Å². The number of aliphatic hydroxyl groups is 1. The molecule has 0 saturated carbocycles. The van der Waals surface area contributed by atoms with Crippen LogP contribution in [0.15, 0.2) is 0 Å². The van der Waals surface area contributed by atoms with Gasteiger partial charge in [0, 0.05) is 6.54 Å². The van der Waals surface area contributed by atoms with Crippen LogP contribution in [0.5, 0.6) is 0 Å². The zero-order valence-corrected chi connectivity index (χ0v) is 10.6. The molecule has 0 aromatic heterocycles. The molecule has 0 amide bonds. The van der Waals surface area contributed by atoms with Crippen LogP contribution in [0.1, 0.15) is 26.2 Å².